The molecule has 0 saturated carbocycles. The van der Waals surface area contributed by atoms with Gasteiger partial charge in [-0.05, 0) is 42.2 Å². The lowest BCUT2D eigenvalue weighted by Crippen LogP contribution is -2.51. The number of H-pyrrole nitrogens is 1. The van der Waals surface area contributed by atoms with E-state index in [4.69, 9.17) is 0 Å². The van der Waals surface area contributed by atoms with Crippen LogP contribution in [0.4, 0.5) is 0 Å². The molecule has 1 saturated heterocycles. The van der Waals surface area contributed by atoms with Gasteiger partial charge < -0.3 is 9.88 Å². The Morgan fingerprint density at radius 2 is 1.55 bits per heavy atom. The number of hydrogen-bond acceptors (Lipinski definition) is 4. The molecular formula is C21H27N3O4S. The Balaban J connectivity index is 1.71. The van der Waals surface area contributed by atoms with E-state index in [2.05, 4.69) is 25.8 Å². The fourth-order valence-corrected chi connectivity index (χ4v) is 4.74. The van der Waals surface area contributed by atoms with Crippen LogP contribution in [0.25, 0.3) is 0 Å². The Labute approximate surface area is 171 Å². The van der Waals surface area contributed by atoms with Gasteiger partial charge in [0.1, 0.15) is 5.56 Å². The summed E-state index contributed by atoms with van der Waals surface area (Å²) in [5, 5.41) is 0. The smallest absolute Gasteiger partial charge is 0.260 e. The first-order valence-electron chi connectivity index (χ1n) is 9.60. The maximum atomic E-state index is 13.0. The lowest BCUT2D eigenvalue weighted by atomic mass is 9.87. The zero-order chi connectivity index (χ0) is 21.4. The summed E-state index contributed by atoms with van der Waals surface area (Å²) in [4.78, 5) is 29.0. The summed E-state index contributed by atoms with van der Waals surface area (Å²) < 4.78 is 27.3. The highest BCUT2D eigenvalue weighted by atomic mass is 32.2. The molecule has 156 valence electrons. The monoisotopic (exact) mass is 417 g/mol. The minimum Gasteiger partial charge on any atom is -0.336 e. The van der Waals surface area contributed by atoms with Crippen LogP contribution in [0.5, 0.6) is 0 Å². The van der Waals surface area contributed by atoms with E-state index in [0.29, 0.717) is 5.69 Å². The number of piperazine rings is 1. The molecule has 1 aromatic carbocycles. The molecule has 8 heteroatoms. The lowest BCUT2D eigenvalue weighted by Gasteiger charge is -2.34. The van der Waals surface area contributed by atoms with Crippen LogP contribution in [0.15, 0.2) is 46.1 Å². The van der Waals surface area contributed by atoms with Gasteiger partial charge in [-0.25, -0.2) is 8.42 Å². The Bertz CT molecular complexity index is 1060. The summed E-state index contributed by atoms with van der Waals surface area (Å²) in [5.74, 6) is -0.377. The average molecular weight is 418 g/mol. The molecule has 1 amide bonds. The SMILES string of the molecule is Cc1ccc(C(=O)N2CCN(S(=O)(=O)c3ccc(C(C)(C)C)cc3)CC2)c(=O)[nH]1. The number of nitrogens with zero attached hydrogens (tertiary/aromatic N) is 2. The molecule has 7 nitrogen and oxygen atoms in total. The molecule has 3 rings (SSSR count). The third-order valence-corrected chi connectivity index (χ3v) is 7.08. The average Bonchev–Trinajstić information content (AvgIpc) is 2.67. The number of hydrogen-bond donors (Lipinski definition) is 1. The number of benzene rings is 1. The summed E-state index contributed by atoms with van der Waals surface area (Å²) in [6.45, 7) is 8.84. The third kappa shape index (κ3) is 4.43. The molecule has 0 spiro atoms. The van der Waals surface area contributed by atoms with Gasteiger partial charge in [0, 0.05) is 31.9 Å². The molecule has 1 aliphatic heterocycles. The second kappa shape index (κ2) is 7.76. The van der Waals surface area contributed by atoms with Crippen molar-refractivity contribution in [1.82, 2.24) is 14.2 Å². The van der Waals surface area contributed by atoms with Gasteiger partial charge in [0.25, 0.3) is 11.5 Å². The zero-order valence-corrected chi connectivity index (χ0v) is 18.0. The number of rotatable bonds is 3. The van der Waals surface area contributed by atoms with Crippen molar-refractivity contribution in [1.29, 1.82) is 0 Å². The standard InChI is InChI=1S/C21H27N3O4S/c1-15-5-10-18(19(25)22-15)20(26)23-11-13-24(14-12-23)29(27,28)17-8-6-16(7-9-17)21(2,3)4/h5-10H,11-14H2,1-4H3,(H,22,25). The maximum absolute atomic E-state index is 13.0. The number of pyridine rings is 1. The van der Waals surface area contributed by atoms with Gasteiger partial charge in [-0.1, -0.05) is 32.9 Å². The number of aromatic amines is 1. The van der Waals surface area contributed by atoms with Crippen molar-refractivity contribution in [3.63, 3.8) is 0 Å². The molecule has 0 radical (unpaired) electrons. The van der Waals surface area contributed by atoms with Crippen LogP contribution in [-0.2, 0) is 15.4 Å². The molecule has 0 atom stereocenters. The summed E-state index contributed by atoms with van der Waals surface area (Å²) >= 11 is 0. The first-order valence-corrected chi connectivity index (χ1v) is 11.0. The minimum absolute atomic E-state index is 0.0535. The van der Waals surface area contributed by atoms with Crippen molar-refractivity contribution >= 4 is 15.9 Å². The molecular weight excluding hydrogens is 390 g/mol. The van der Waals surface area contributed by atoms with E-state index in [1.54, 1.807) is 25.1 Å². The van der Waals surface area contributed by atoms with Crippen LogP contribution in [0.2, 0.25) is 0 Å². The van der Waals surface area contributed by atoms with Crippen molar-refractivity contribution in [3.05, 3.63) is 63.6 Å². The number of sulfonamides is 1. The molecule has 0 bridgehead atoms. The highest BCUT2D eigenvalue weighted by molar-refractivity contribution is 7.89. The topological polar surface area (TPSA) is 90.6 Å². The number of nitrogens with one attached hydrogen (secondary N) is 1. The Hall–Kier alpha value is -2.45. The van der Waals surface area contributed by atoms with Crippen molar-refractivity contribution in [2.45, 2.75) is 38.0 Å². The van der Waals surface area contributed by atoms with Gasteiger partial charge in [0.2, 0.25) is 10.0 Å². The van der Waals surface area contributed by atoms with E-state index in [1.807, 2.05) is 12.1 Å². The van der Waals surface area contributed by atoms with Crippen molar-refractivity contribution < 1.29 is 13.2 Å². The lowest BCUT2D eigenvalue weighted by molar-refractivity contribution is 0.0696. The second-order valence-corrected chi connectivity index (χ2v) is 10.3. The minimum atomic E-state index is -3.62. The van der Waals surface area contributed by atoms with E-state index in [9.17, 15) is 18.0 Å². The Morgan fingerprint density at radius 3 is 2.07 bits per heavy atom. The summed E-state index contributed by atoms with van der Waals surface area (Å²) in [6.07, 6.45) is 0. The highest BCUT2D eigenvalue weighted by Crippen LogP contribution is 2.25. The summed E-state index contributed by atoms with van der Waals surface area (Å²) in [7, 11) is -3.62. The van der Waals surface area contributed by atoms with E-state index in [0.717, 1.165) is 5.56 Å². The van der Waals surface area contributed by atoms with Gasteiger partial charge in [-0.15, -0.1) is 0 Å². The molecule has 1 aromatic heterocycles. The first-order chi connectivity index (χ1) is 13.5. The molecule has 29 heavy (non-hydrogen) atoms. The van der Waals surface area contributed by atoms with E-state index < -0.39 is 15.6 Å². The number of aromatic nitrogens is 1. The van der Waals surface area contributed by atoms with Gasteiger partial charge in [-0.2, -0.15) is 4.31 Å². The third-order valence-electron chi connectivity index (χ3n) is 5.17. The summed E-state index contributed by atoms with van der Waals surface area (Å²) in [6, 6.07) is 10.2. The van der Waals surface area contributed by atoms with E-state index in [-0.39, 0.29) is 48.0 Å². The Kier molecular flexibility index (Phi) is 5.69. The van der Waals surface area contributed by atoms with Crippen LogP contribution >= 0.6 is 0 Å². The molecule has 0 unspecified atom stereocenters. The molecule has 2 heterocycles. The predicted octanol–water partition coefficient (Wildman–Crippen LogP) is 2.13. The van der Waals surface area contributed by atoms with Crippen LogP contribution < -0.4 is 5.56 Å². The predicted molar refractivity (Wildman–Crippen MR) is 112 cm³/mol. The van der Waals surface area contributed by atoms with Crippen LogP contribution in [0.1, 0.15) is 42.4 Å². The zero-order valence-electron chi connectivity index (χ0n) is 17.2. The van der Waals surface area contributed by atoms with E-state index >= 15 is 0 Å². The van der Waals surface area contributed by atoms with Gasteiger partial charge in [0.05, 0.1) is 4.90 Å². The van der Waals surface area contributed by atoms with Gasteiger partial charge in [0.15, 0.2) is 0 Å². The maximum Gasteiger partial charge on any atom is 0.260 e. The fourth-order valence-electron chi connectivity index (χ4n) is 3.32. The first kappa shape index (κ1) is 21.3. The van der Waals surface area contributed by atoms with Crippen LogP contribution in [-0.4, -0.2) is 54.7 Å². The second-order valence-electron chi connectivity index (χ2n) is 8.35. The van der Waals surface area contributed by atoms with Crippen LogP contribution in [0, 0.1) is 6.92 Å². The molecule has 1 fully saturated rings. The number of carbonyl (C=O) groups is 1. The largest absolute Gasteiger partial charge is 0.336 e. The highest BCUT2D eigenvalue weighted by Gasteiger charge is 2.31. The molecule has 1 aliphatic rings. The molecule has 0 aliphatic carbocycles. The number of aryl methyl sites for hydroxylation is 1. The normalized spacial score (nSPS) is 16.1. The van der Waals surface area contributed by atoms with Gasteiger partial charge >= 0.3 is 0 Å². The fraction of sp³-hybridized carbons (Fsp3) is 0.429. The molecule has 2 aromatic rings. The summed E-state index contributed by atoms with van der Waals surface area (Å²) in [5.41, 5.74) is 1.34. The number of amides is 1. The van der Waals surface area contributed by atoms with Crippen molar-refractivity contribution in [2.75, 3.05) is 26.2 Å². The van der Waals surface area contributed by atoms with Crippen LogP contribution in [0.3, 0.4) is 0 Å². The van der Waals surface area contributed by atoms with Gasteiger partial charge in [-0.3, -0.25) is 9.59 Å². The van der Waals surface area contributed by atoms with Crippen molar-refractivity contribution in [3.8, 4) is 0 Å². The van der Waals surface area contributed by atoms with Crippen molar-refractivity contribution in [2.24, 2.45) is 0 Å². The van der Waals surface area contributed by atoms with E-state index in [1.165, 1.54) is 15.3 Å². The molecule has 1 N–H and O–H groups in total. The quantitative estimate of drug-likeness (QED) is 0.828. The number of carbonyl (C=O) groups excluding carboxylic acids is 1. The Morgan fingerprint density at radius 1 is 0.966 bits per heavy atom.